The summed E-state index contributed by atoms with van der Waals surface area (Å²) in [7, 11) is 0. The first-order valence-corrected chi connectivity index (χ1v) is 11.8. The normalized spacial score (nSPS) is 18.9. The largest absolute Gasteiger partial charge is 0.341 e. The molecular weight excluding hydrogens is 417 g/mol. The van der Waals surface area contributed by atoms with Gasteiger partial charge in [0.05, 0.1) is 5.69 Å². The molecule has 2 aromatic heterocycles. The molecule has 0 spiro atoms. The molecule has 0 radical (unpaired) electrons. The molecule has 2 saturated heterocycles. The van der Waals surface area contributed by atoms with E-state index in [9.17, 15) is 9.18 Å². The number of hydrogen-bond acceptors (Lipinski definition) is 5. The number of piperidine rings is 2. The van der Waals surface area contributed by atoms with E-state index >= 15 is 0 Å². The maximum Gasteiger partial charge on any atom is 0.253 e. The molecule has 6 nitrogen and oxygen atoms in total. The number of halogens is 1. The first-order valence-electron chi connectivity index (χ1n) is 11.8. The summed E-state index contributed by atoms with van der Waals surface area (Å²) in [5.41, 5.74) is 3.30. The van der Waals surface area contributed by atoms with E-state index in [0.717, 1.165) is 61.5 Å². The minimum absolute atomic E-state index is 0.0815. The Kier molecular flexibility index (Phi) is 6.28. The van der Waals surface area contributed by atoms with Crippen molar-refractivity contribution in [2.24, 2.45) is 0 Å². The van der Waals surface area contributed by atoms with E-state index in [0.29, 0.717) is 18.7 Å². The molecule has 4 heterocycles. The smallest absolute Gasteiger partial charge is 0.253 e. The summed E-state index contributed by atoms with van der Waals surface area (Å²) >= 11 is 0. The van der Waals surface area contributed by atoms with Crippen LogP contribution in [0.3, 0.4) is 0 Å². The van der Waals surface area contributed by atoms with Gasteiger partial charge in [0, 0.05) is 67.4 Å². The topological polar surface area (TPSA) is 62.2 Å². The third kappa shape index (κ3) is 4.72. The van der Waals surface area contributed by atoms with Crippen LogP contribution in [0.5, 0.6) is 0 Å². The predicted molar refractivity (Wildman–Crippen MR) is 126 cm³/mol. The molecule has 0 saturated carbocycles. The summed E-state index contributed by atoms with van der Waals surface area (Å²) < 4.78 is 13.7. The monoisotopic (exact) mass is 445 g/mol. The van der Waals surface area contributed by atoms with Crippen molar-refractivity contribution in [3.63, 3.8) is 0 Å². The van der Waals surface area contributed by atoms with Gasteiger partial charge in [-0.05, 0) is 56.4 Å². The number of aromatic nitrogens is 3. The second-order valence-corrected chi connectivity index (χ2v) is 8.86. The molecule has 0 N–H and O–H groups in total. The van der Waals surface area contributed by atoms with Crippen LogP contribution >= 0.6 is 0 Å². The molecule has 3 aromatic rings. The summed E-state index contributed by atoms with van der Waals surface area (Å²) in [6, 6.07) is 9.87. The molecule has 7 heteroatoms. The molecular formula is C26H28FN5O. The summed E-state index contributed by atoms with van der Waals surface area (Å²) in [6.45, 7) is 3.16. The van der Waals surface area contributed by atoms with E-state index in [1.165, 1.54) is 18.6 Å². The molecule has 0 aliphatic carbocycles. The van der Waals surface area contributed by atoms with E-state index in [4.69, 9.17) is 9.97 Å². The van der Waals surface area contributed by atoms with Gasteiger partial charge in [0.25, 0.3) is 5.91 Å². The molecule has 2 fully saturated rings. The number of benzene rings is 1. The maximum absolute atomic E-state index is 13.7. The van der Waals surface area contributed by atoms with Gasteiger partial charge in [-0.15, -0.1) is 0 Å². The van der Waals surface area contributed by atoms with Crippen LogP contribution in [0, 0.1) is 5.82 Å². The van der Waals surface area contributed by atoms with Crippen LogP contribution < -0.4 is 4.90 Å². The summed E-state index contributed by atoms with van der Waals surface area (Å²) in [4.78, 5) is 31.3. The van der Waals surface area contributed by atoms with Gasteiger partial charge >= 0.3 is 0 Å². The van der Waals surface area contributed by atoms with Crippen molar-refractivity contribution >= 4 is 11.9 Å². The Bertz CT molecular complexity index is 1120. The molecule has 1 amide bonds. The van der Waals surface area contributed by atoms with Gasteiger partial charge in [-0.2, -0.15) is 0 Å². The standard InChI is InChI=1S/C26H28FN5O/c27-22-10-4-7-19(15-22)25(33)32-14-6-9-21(18-32)24-23(20-8-5-11-28-16-20)17-29-26(30-24)31-12-2-1-3-13-31/h4-5,7-8,10-11,15-17,21H,1-3,6,9,12-14,18H2/t21-/m0/s1. The van der Waals surface area contributed by atoms with E-state index in [1.54, 1.807) is 18.3 Å². The number of pyridine rings is 1. The lowest BCUT2D eigenvalue weighted by Crippen LogP contribution is -2.39. The Morgan fingerprint density at radius 3 is 2.67 bits per heavy atom. The van der Waals surface area contributed by atoms with Gasteiger partial charge in [0.15, 0.2) is 0 Å². The number of carbonyl (C=O) groups excluding carboxylic acids is 1. The van der Waals surface area contributed by atoms with Crippen LogP contribution in [0.4, 0.5) is 10.3 Å². The minimum atomic E-state index is -0.393. The Balaban J connectivity index is 1.47. The lowest BCUT2D eigenvalue weighted by atomic mass is 9.90. The van der Waals surface area contributed by atoms with Crippen LogP contribution in [0.2, 0.25) is 0 Å². The van der Waals surface area contributed by atoms with Crippen LogP contribution in [0.1, 0.15) is 54.1 Å². The van der Waals surface area contributed by atoms with E-state index < -0.39 is 5.82 Å². The van der Waals surface area contributed by atoms with Crippen molar-refractivity contribution in [1.29, 1.82) is 0 Å². The Morgan fingerprint density at radius 1 is 1.00 bits per heavy atom. The fourth-order valence-corrected chi connectivity index (χ4v) is 4.88. The van der Waals surface area contributed by atoms with Crippen molar-refractivity contribution in [2.45, 2.75) is 38.0 Å². The molecule has 2 aliphatic heterocycles. The zero-order valence-electron chi connectivity index (χ0n) is 18.7. The molecule has 2 aliphatic rings. The fourth-order valence-electron chi connectivity index (χ4n) is 4.88. The van der Waals surface area contributed by atoms with Gasteiger partial charge in [-0.3, -0.25) is 9.78 Å². The summed E-state index contributed by atoms with van der Waals surface area (Å²) in [5, 5.41) is 0. The molecule has 1 aromatic carbocycles. The maximum atomic E-state index is 13.7. The average Bonchev–Trinajstić information content (AvgIpc) is 2.89. The molecule has 1 atom stereocenters. The van der Waals surface area contributed by atoms with Crippen molar-refractivity contribution < 1.29 is 9.18 Å². The van der Waals surface area contributed by atoms with Crippen LogP contribution in [0.15, 0.2) is 55.0 Å². The third-order valence-corrected chi connectivity index (χ3v) is 6.58. The zero-order valence-corrected chi connectivity index (χ0v) is 18.7. The number of anilines is 1. The van der Waals surface area contributed by atoms with Crippen molar-refractivity contribution in [1.82, 2.24) is 19.9 Å². The first-order chi connectivity index (χ1) is 16.2. The van der Waals surface area contributed by atoms with Gasteiger partial charge in [-0.25, -0.2) is 14.4 Å². The number of nitrogens with zero attached hydrogens (tertiary/aromatic N) is 5. The molecule has 0 unspecified atom stereocenters. The predicted octanol–water partition coefficient (Wildman–Crippen LogP) is 4.69. The highest BCUT2D eigenvalue weighted by molar-refractivity contribution is 5.94. The Morgan fingerprint density at radius 2 is 1.88 bits per heavy atom. The second kappa shape index (κ2) is 9.65. The Hall–Kier alpha value is -3.35. The number of likely N-dealkylation sites (tertiary alicyclic amines) is 1. The van der Waals surface area contributed by atoms with Gasteiger partial charge in [0.1, 0.15) is 5.82 Å². The number of amides is 1. The summed E-state index contributed by atoms with van der Waals surface area (Å²) in [5.74, 6) is 0.326. The van der Waals surface area contributed by atoms with Crippen LogP contribution in [-0.2, 0) is 0 Å². The molecule has 0 bridgehead atoms. The van der Waals surface area contributed by atoms with E-state index in [1.807, 2.05) is 29.4 Å². The molecule has 33 heavy (non-hydrogen) atoms. The van der Waals surface area contributed by atoms with Gasteiger partial charge < -0.3 is 9.80 Å². The quantitative estimate of drug-likeness (QED) is 0.583. The lowest BCUT2D eigenvalue weighted by Gasteiger charge is -2.34. The van der Waals surface area contributed by atoms with Crippen molar-refractivity contribution in [3.8, 4) is 11.1 Å². The summed E-state index contributed by atoms with van der Waals surface area (Å²) in [6.07, 6.45) is 10.9. The van der Waals surface area contributed by atoms with Gasteiger partial charge in [-0.1, -0.05) is 12.1 Å². The Labute approximate surface area is 193 Å². The molecule has 5 rings (SSSR count). The van der Waals surface area contributed by atoms with Crippen molar-refractivity contribution in [3.05, 3.63) is 72.1 Å². The lowest BCUT2D eigenvalue weighted by molar-refractivity contribution is 0.0705. The number of rotatable bonds is 4. The minimum Gasteiger partial charge on any atom is -0.341 e. The highest BCUT2D eigenvalue weighted by Crippen LogP contribution is 2.34. The highest BCUT2D eigenvalue weighted by Gasteiger charge is 2.29. The second-order valence-electron chi connectivity index (χ2n) is 8.86. The average molecular weight is 446 g/mol. The van der Waals surface area contributed by atoms with Gasteiger partial charge in [0.2, 0.25) is 5.95 Å². The number of hydrogen-bond donors (Lipinski definition) is 0. The fraction of sp³-hybridized carbons (Fsp3) is 0.385. The highest BCUT2D eigenvalue weighted by atomic mass is 19.1. The molecule has 170 valence electrons. The van der Waals surface area contributed by atoms with Crippen LogP contribution in [-0.4, -0.2) is 51.9 Å². The van der Waals surface area contributed by atoms with E-state index in [-0.39, 0.29) is 11.8 Å². The number of carbonyl (C=O) groups is 1. The SMILES string of the molecule is O=C(c1cccc(F)c1)N1CCC[C@H](c2nc(N3CCCCC3)ncc2-c2cccnc2)C1. The third-order valence-electron chi connectivity index (χ3n) is 6.58. The first kappa shape index (κ1) is 21.5. The zero-order chi connectivity index (χ0) is 22.6. The van der Waals surface area contributed by atoms with E-state index in [2.05, 4.69) is 9.88 Å². The van der Waals surface area contributed by atoms with Crippen LogP contribution in [0.25, 0.3) is 11.1 Å². The van der Waals surface area contributed by atoms with Crippen molar-refractivity contribution in [2.75, 3.05) is 31.1 Å².